The number of rotatable bonds is 11. The van der Waals surface area contributed by atoms with Gasteiger partial charge in [-0.15, -0.1) is 0 Å². The highest BCUT2D eigenvalue weighted by Crippen LogP contribution is 2.25. The fourth-order valence-corrected chi connectivity index (χ4v) is 5.26. The van der Waals surface area contributed by atoms with Crippen LogP contribution >= 0.6 is 11.6 Å². The van der Waals surface area contributed by atoms with Crippen molar-refractivity contribution in [3.63, 3.8) is 0 Å². The number of nitrogens with zero attached hydrogens (tertiary/aromatic N) is 1. The van der Waals surface area contributed by atoms with Gasteiger partial charge in [-0.3, -0.25) is 9.59 Å². The SMILES string of the molecule is COc1ccc(CCC2CCCCN(CCC(NC(=O)C[OH+]C)c3cccc(Cl)c3)CCC(=O)C2)cc1. The van der Waals surface area contributed by atoms with Gasteiger partial charge in [0, 0.05) is 31.0 Å². The lowest BCUT2D eigenvalue weighted by Crippen LogP contribution is -2.36. The Labute approximate surface area is 226 Å². The van der Waals surface area contributed by atoms with E-state index in [9.17, 15) is 9.59 Å². The quantitative estimate of drug-likeness (QED) is 0.409. The molecule has 1 heterocycles. The van der Waals surface area contributed by atoms with E-state index in [1.54, 1.807) is 14.2 Å². The average Bonchev–Trinajstić information content (AvgIpc) is 2.90. The first-order valence-electron chi connectivity index (χ1n) is 13.4. The Hall–Kier alpha value is -2.41. The highest BCUT2D eigenvalue weighted by Gasteiger charge is 2.20. The summed E-state index contributed by atoms with van der Waals surface area (Å²) in [6, 6.07) is 15.8. The van der Waals surface area contributed by atoms with Crippen LogP contribution in [0, 0.1) is 5.92 Å². The van der Waals surface area contributed by atoms with Crippen molar-refractivity contribution in [1.29, 1.82) is 0 Å². The second kappa shape index (κ2) is 15.8. The number of halogens is 1. The number of benzene rings is 2. The average molecular weight is 530 g/mol. The van der Waals surface area contributed by atoms with Crippen LogP contribution in [-0.4, -0.2) is 61.8 Å². The highest BCUT2D eigenvalue weighted by molar-refractivity contribution is 6.30. The second-order valence-corrected chi connectivity index (χ2v) is 10.5. The molecular formula is C30H42ClN2O4+. The Morgan fingerprint density at radius 2 is 2.00 bits per heavy atom. The molecule has 37 heavy (non-hydrogen) atoms. The van der Waals surface area contributed by atoms with E-state index in [2.05, 4.69) is 27.1 Å². The maximum atomic E-state index is 12.8. The molecule has 0 aromatic heterocycles. The molecule has 0 radical (unpaired) electrons. The van der Waals surface area contributed by atoms with Gasteiger partial charge < -0.3 is 19.7 Å². The normalized spacial score (nSPS) is 18.2. The van der Waals surface area contributed by atoms with Crippen LogP contribution in [0.15, 0.2) is 48.5 Å². The first-order valence-corrected chi connectivity index (χ1v) is 13.8. The first-order chi connectivity index (χ1) is 18.0. The summed E-state index contributed by atoms with van der Waals surface area (Å²) < 4.78 is 9.20. The molecule has 0 saturated carbocycles. The number of nitrogens with one attached hydrogen (secondary N) is 1. The Kier molecular flexibility index (Phi) is 12.4. The smallest absolute Gasteiger partial charge is 0.297 e. The summed E-state index contributed by atoms with van der Waals surface area (Å²) in [5, 5.41) is 3.76. The third kappa shape index (κ3) is 10.5. The van der Waals surface area contributed by atoms with Gasteiger partial charge in [0.15, 0.2) is 0 Å². The topological polar surface area (TPSA) is 71.4 Å². The molecule has 2 aromatic rings. The molecule has 1 amide bonds. The summed E-state index contributed by atoms with van der Waals surface area (Å²) in [5.41, 5.74) is 2.29. The first kappa shape index (κ1) is 29.2. The van der Waals surface area contributed by atoms with E-state index in [0.29, 0.717) is 29.6 Å². The molecule has 6 nitrogen and oxygen atoms in total. The summed E-state index contributed by atoms with van der Waals surface area (Å²) in [5.74, 6) is 1.59. The van der Waals surface area contributed by atoms with E-state index in [-0.39, 0.29) is 18.6 Å². The van der Waals surface area contributed by atoms with Crippen LogP contribution < -0.4 is 10.1 Å². The van der Waals surface area contributed by atoms with Gasteiger partial charge in [0.2, 0.25) is 6.61 Å². The van der Waals surface area contributed by atoms with E-state index in [1.807, 2.05) is 36.4 Å². The molecule has 2 aromatic carbocycles. The number of ether oxygens (including phenoxy) is 2. The predicted octanol–water partition coefficient (Wildman–Crippen LogP) is 5.14. The molecular weight excluding hydrogens is 488 g/mol. The molecule has 0 bridgehead atoms. The van der Waals surface area contributed by atoms with Crippen LogP contribution in [0.25, 0.3) is 0 Å². The minimum absolute atomic E-state index is 0.0933. The standard InChI is InChI=1S/C30H41ClN2O4/c1-36-22-30(35)32-29(25-7-5-8-26(31)21-25)16-19-33-17-4-3-6-24(20-27(34)15-18-33)10-9-23-11-13-28(37-2)14-12-23/h5,7-8,11-14,21,24,29H,3-4,6,9-10,15-20,22H2,1-2H3,(H,32,35)/p+1. The van der Waals surface area contributed by atoms with Crippen molar-refractivity contribution in [3.05, 3.63) is 64.7 Å². The van der Waals surface area contributed by atoms with Crippen LogP contribution in [-0.2, 0) is 16.0 Å². The molecule has 2 atom stereocenters. The van der Waals surface area contributed by atoms with Crippen molar-refractivity contribution in [2.24, 2.45) is 5.92 Å². The zero-order valence-electron chi connectivity index (χ0n) is 22.3. The number of ketones is 1. The molecule has 1 fully saturated rings. The van der Waals surface area contributed by atoms with E-state index in [4.69, 9.17) is 16.3 Å². The molecule has 0 spiro atoms. The molecule has 3 rings (SSSR count). The number of Topliss-reactive ketones (excluding diaryl/α,β-unsaturated/α-hetero) is 1. The summed E-state index contributed by atoms with van der Waals surface area (Å²) >= 11 is 6.22. The van der Waals surface area contributed by atoms with Gasteiger partial charge in [0.05, 0.1) is 13.2 Å². The van der Waals surface area contributed by atoms with Gasteiger partial charge in [-0.2, -0.15) is 0 Å². The van der Waals surface area contributed by atoms with Crippen LogP contribution in [0.4, 0.5) is 0 Å². The summed E-state index contributed by atoms with van der Waals surface area (Å²) in [6.45, 7) is 2.70. The highest BCUT2D eigenvalue weighted by atomic mass is 35.5. The zero-order valence-corrected chi connectivity index (χ0v) is 23.0. The van der Waals surface area contributed by atoms with E-state index < -0.39 is 0 Å². The van der Waals surface area contributed by atoms with Crippen LogP contribution in [0.2, 0.25) is 5.02 Å². The monoisotopic (exact) mass is 529 g/mol. The van der Waals surface area contributed by atoms with E-state index >= 15 is 0 Å². The molecule has 2 unspecified atom stereocenters. The Morgan fingerprint density at radius 3 is 2.73 bits per heavy atom. The zero-order chi connectivity index (χ0) is 26.5. The number of hydrogen-bond donors (Lipinski definition) is 1. The van der Waals surface area contributed by atoms with Gasteiger partial charge in [-0.1, -0.05) is 42.3 Å². The second-order valence-electron chi connectivity index (χ2n) is 10.0. The van der Waals surface area contributed by atoms with E-state index in [0.717, 1.165) is 69.5 Å². The van der Waals surface area contributed by atoms with Crippen LogP contribution in [0.1, 0.15) is 62.1 Å². The summed E-state index contributed by atoms with van der Waals surface area (Å²) in [4.78, 5) is 27.5. The van der Waals surface area contributed by atoms with Gasteiger partial charge in [0.25, 0.3) is 5.91 Å². The lowest BCUT2D eigenvalue weighted by molar-refractivity contribution is -0.132. The van der Waals surface area contributed by atoms with Crippen molar-refractivity contribution < 1.29 is 19.1 Å². The van der Waals surface area contributed by atoms with Crippen molar-refractivity contribution >= 4 is 23.3 Å². The fourth-order valence-electron chi connectivity index (χ4n) is 5.06. The van der Waals surface area contributed by atoms with Crippen molar-refractivity contribution in [3.8, 4) is 5.75 Å². The fraction of sp³-hybridized carbons (Fsp3) is 0.533. The largest absolute Gasteiger partial charge is 0.497 e. The lowest BCUT2D eigenvalue weighted by Gasteiger charge is -2.27. The number of carbonyl (C=O) groups is 2. The third-order valence-corrected chi connectivity index (χ3v) is 7.42. The Morgan fingerprint density at radius 1 is 1.19 bits per heavy atom. The number of amides is 1. The minimum Gasteiger partial charge on any atom is -0.497 e. The maximum Gasteiger partial charge on any atom is 0.297 e. The van der Waals surface area contributed by atoms with Crippen molar-refractivity contribution in [2.75, 3.05) is 40.5 Å². The molecule has 0 aliphatic carbocycles. The molecule has 1 aliphatic rings. The van der Waals surface area contributed by atoms with Crippen LogP contribution in [0.3, 0.4) is 0 Å². The number of aliphatic hydroxyl groups is 2. The van der Waals surface area contributed by atoms with Crippen molar-refractivity contribution in [1.82, 2.24) is 10.2 Å². The van der Waals surface area contributed by atoms with Crippen molar-refractivity contribution in [2.45, 2.75) is 57.4 Å². The molecule has 202 valence electrons. The minimum atomic E-state index is -0.138. The predicted molar refractivity (Wildman–Crippen MR) is 149 cm³/mol. The third-order valence-electron chi connectivity index (χ3n) is 7.18. The Bertz CT molecular complexity index is 982. The Balaban J connectivity index is 1.51. The molecule has 1 aliphatic heterocycles. The van der Waals surface area contributed by atoms with Crippen LogP contribution in [0.5, 0.6) is 5.75 Å². The maximum absolute atomic E-state index is 12.8. The lowest BCUT2D eigenvalue weighted by atomic mass is 9.88. The summed E-state index contributed by atoms with van der Waals surface area (Å²) in [7, 11) is 3.32. The van der Waals surface area contributed by atoms with Gasteiger partial charge in [-0.05, 0) is 80.0 Å². The summed E-state index contributed by atoms with van der Waals surface area (Å²) in [6.07, 6.45) is 7.40. The van der Waals surface area contributed by atoms with E-state index in [1.165, 1.54) is 5.56 Å². The number of aryl methyl sites for hydroxylation is 1. The van der Waals surface area contributed by atoms with Gasteiger partial charge in [0.1, 0.15) is 18.6 Å². The number of carbonyl (C=O) groups excluding carboxylic acids is 2. The molecule has 2 N–H and O–H groups in total. The molecule has 7 heteroatoms. The van der Waals surface area contributed by atoms with Gasteiger partial charge >= 0.3 is 0 Å². The number of methoxy groups -OCH3 is 1. The number of hydrogen-bond acceptors (Lipinski definition) is 4. The molecule has 1 saturated heterocycles. The van der Waals surface area contributed by atoms with Gasteiger partial charge in [-0.25, -0.2) is 0 Å².